The van der Waals surface area contributed by atoms with E-state index in [0.29, 0.717) is 24.8 Å². The number of carbonyl (C=O) groups is 2. The van der Waals surface area contributed by atoms with Crippen LogP contribution in [-0.2, 0) is 23.8 Å². The molecular formula is C36H61ClN4O5. The largest absolute Gasteiger partial charge is 0.497 e. The van der Waals surface area contributed by atoms with Crippen molar-refractivity contribution in [3.05, 3.63) is 58.4 Å². The Balaban J connectivity index is 0.000000759. The molecule has 0 aromatic rings. The molecule has 0 spiro atoms. The summed E-state index contributed by atoms with van der Waals surface area (Å²) in [4.78, 5) is 26.9. The molecule has 262 valence electrons. The van der Waals surface area contributed by atoms with Gasteiger partial charge in [0.1, 0.15) is 18.7 Å². The molecule has 1 atom stereocenters. The molecule has 1 fully saturated rings. The van der Waals surface area contributed by atoms with Gasteiger partial charge < -0.3 is 34.5 Å². The van der Waals surface area contributed by atoms with Crippen LogP contribution in [0.4, 0.5) is 0 Å². The number of rotatable bonds is 19. The monoisotopic (exact) mass is 664 g/mol. The minimum absolute atomic E-state index is 0.130. The van der Waals surface area contributed by atoms with Crippen LogP contribution in [0.15, 0.2) is 63.4 Å². The Bertz CT molecular complexity index is 1000. The maximum Gasteiger partial charge on any atom is 0.207 e. The van der Waals surface area contributed by atoms with Crippen LogP contribution in [0.3, 0.4) is 0 Å². The molecule has 3 aliphatic rings. The molecule has 0 bridgehead atoms. The third-order valence-corrected chi connectivity index (χ3v) is 7.17. The molecular weight excluding hydrogens is 604 g/mol. The average Bonchev–Trinajstić information content (AvgIpc) is 3.94. The highest BCUT2D eigenvalue weighted by molar-refractivity contribution is 6.47. The summed E-state index contributed by atoms with van der Waals surface area (Å²) in [5.41, 5.74) is 3.07. The smallest absolute Gasteiger partial charge is 0.207 e. The van der Waals surface area contributed by atoms with Crippen molar-refractivity contribution in [1.29, 1.82) is 0 Å². The van der Waals surface area contributed by atoms with E-state index in [1.807, 2.05) is 45.9 Å². The Morgan fingerprint density at radius 2 is 1.93 bits per heavy atom. The van der Waals surface area contributed by atoms with Crippen molar-refractivity contribution in [2.24, 2.45) is 4.99 Å². The normalized spacial score (nSPS) is 17.6. The van der Waals surface area contributed by atoms with E-state index in [0.717, 1.165) is 87.6 Å². The highest BCUT2D eigenvalue weighted by atomic mass is 35.5. The fourth-order valence-electron chi connectivity index (χ4n) is 4.26. The van der Waals surface area contributed by atoms with E-state index >= 15 is 0 Å². The van der Waals surface area contributed by atoms with Gasteiger partial charge in [-0.3, -0.25) is 9.79 Å². The second kappa shape index (κ2) is 29.8. The zero-order valence-corrected chi connectivity index (χ0v) is 30.2. The molecule has 9 nitrogen and oxygen atoms in total. The van der Waals surface area contributed by atoms with E-state index in [9.17, 15) is 9.59 Å². The molecule has 2 N–H and O–H groups in total. The third kappa shape index (κ3) is 21.3. The van der Waals surface area contributed by atoms with Crippen molar-refractivity contribution in [3.63, 3.8) is 0 Å². The van der Waals surface area contributed by atoms with Gasteiger partial charge in [-0.05, 0) is 63.9 Å². The van der Waals surface area contributed by atoms with Crippen LogP contribution in [0.5, 0.6) is 0 Å². The zero-order valence-electron chi connectivity index (χ0n) is 29.5. The van der Waals surface area contributed by atoms with E-state index in [1.165, 1.54) is 18.4 Å². The van der Waals surface area contributed by atoms with Crippen LogP contribution < -0.4 is 10.6 Å². The summed E-state index contributed by atoms with van der Waals surface area (Å²) >= 11 is 6.41. The summed E-state index contributed by atoms with van der Waals surface area (Å²) < 4.78 is 16.1. The maximum atomic E-state index is 9.89. The topological polar surface area (TPSA) is 101 Å². The van der Waals surface area contributed by atoms with Gasteiger partial charge in [0.15, 0.2) is 0 Å². The number of nitrogens with one attached hydrogen (secondary N) is 2. The minimum Gasteiger partial charge on any atom is -0.497 e. The first-order valence-electron chi connectivity index (χ1n) is 16.8. The summed E-state index contributed by atoms with van der Waals surface area (Å²) in [5.74, 6) is 0.947. The number of aliphatic imine (C=N–C) groups is 1. The Morgan fingerprint density at radius 1 is 1.17 bits per heavy atom. The summed E-state index contributed by atoms with van der Waals surface area (Å²) in [6.45, 7) is 15.8. The number of halogens is 1. The van der Waals surface area contributed by atoms with Crippen molar-refractivity contribution in [3.8, 4) is 0 Å². The SMILES string of the molecule is CC.CC/C(OCCCOC)=C1/C=CC=C(Cl)C1=NCCN(C)C1CC1.CCNCC(C)OCC=O.O=CNCC1=CCCC=C1. The molecule has 0 aliphatic heterocycles. The van der Waals surface area contributed by atoms with Gasteiger partial charge >= 0.3 is 0 Å². The van der Waals surface area contributed by atoms with Gasteiger partial charge in [-0.2, -0.15) is 0 Å². The number of carbonyl (C=O) groups excluding carboxylic acids is 2. The van der Waals surface area contributed by atoms with Crippen molar-refractivity contribution in [2.45, 2.75) is 85.3 Å². The third-order valence-electron chi connectivity index (χ3n) is 6.86. The molecule has 46 heavy (non-hydrogen) atoms. The number of likely N-dealkylation sites (N-methyl/N-ethyl adjacent to an activating group) is 2. The summed E-state index contributed by atoms with van der Waals surface area (Å²) in [5, 5.41) is 6.42. The molecule has 1 amide bonds. The molecule has 0 aromatic carbocycles. The van der Waals surface area contributed by atoms with Crippen LogP contribution in [0.1, 0.15) is 73.1 Å². The predicted octanol–water partition coefficient (Wildman–Crippen LogP) is 6.17. The van der Waals surface area contributed by atoms with Gasteiger partial charge in [-0.25, -0.2) is 0 Å². The van der Waals surface area contributed by atoms with Crippen molar-refractivity contribution in [1.82, 2.24) is 15.5 Å². The van der Waals surface area contributed by atoms with Crippen molar-refractivity contribution < 1.29 is 23.8 Å². The van der Waals surface area contributed by atoms with Crippen LogP contribution in [0.2, 0.25) is 0 Å². The molecule has 10 heteroatoms. The molecule has 0 aromatic heterocycles. The average molecular weight is 665 g/mol. The van der Waals surface area contributed by atoms with E-state index in [1.54, 1.807) is 7.11 Å². The van der Waals surface area contributed by atoms with Gasteiger partial charge in [0.2, 0.25) is 6.41 Å². The summed E-state index contributed by atoms with van der Waals surface area (Å²) in [6.07, 6.45) is 20.4. The van der Waals surface area contributed by atoms with Gasteiger partial charge in [0.25, 0.3) is 0 Å². The number of ether oxygens (including phenoxy) is 3. The molecule has 0 saturated heterocycles. The number of nitrogens with zero attached hydrogens (tertiary/aromatic N) is 2. The first-order chi connectivity index (χ1) is 22.4. The fraction of sp³-hybridized carbons (Fsp3) is 0.639. The molecule has 3 aliphatic carbocycles. The van der Waals surface area contributed by atoms with Gasteiger partial charge in [0, 0.05) is 57.8 Å². The van der Waals surface area contributed by atoms with E-state index in [4.69, 9.17) is 30.8 Å². The van der Waals surface area contributed by atoms with E-state index < -0.39 is 0 Å². The Labute approximate surface area is 284 Å². The fourth-order valence-corrected chi connectivity index (χ4v) is 4.49. The van der Waals surface area contributed by atoms with E-state index in [-0.39, 0.29) is 12.7 Å². The molecule has 0 heterocycles. The number of methoxy groups -OCH3 is 1. The van der Waals surface area contributed by atoms with Gasteiger partial charge in [0.05, 0.1) is 30.0 Å². The second-order valence-electron chi connectivity index (χ2n) is 10.6. The van der Waals surface area contributed by atoms with Crippen molar-refractivity contribution >= 4 is 30.0 Å². The van der Waals surface area contributed by atoms with Gasteiger partial charge in [-0.1, -0.05) is 63.6 Å². The standard InChI is InChI=1S/C19H29ClN2O2.C8H11NO.C7H15NO2.C2H6/c1-4-18(24-14-6-13-23-3)16-7-5-8-17(20)19(16)21-11-12-22(2)15-9-10-15;10-7-9-6-8-4-2-1-3-5-8;1-3-8-6-7(2)10-5-4-9;1-2/h5,7-8,15H,4,6,9-14H2,1-3H3;2,4-5,7H,1,3,6H2,(H,9,10);4,7-8H,3,5-6H2,1-2H3;1-2H3/b18-16+,21-19?;;;. The number of allylic oxidation sites excluding steroid dienone is 8. The highest BCUT2D eigenvalue weighted by Crippen LogP contribution is 2.26. The van der Waals surface area contributed by atoms with Gasteiger partial charge in [-0.15, -0.1) is 0 Å². The lowest BCUT2D eigenvalue weighted by Gasteiger charge is -2.18. The van der Waals surface area contributed by atoms with Crippen LogP contribution in [0.25, 0.3) is 0 Å². The van der Waals surface area contributed by atoms with Crippen LogP contribution in [-0.4, -0.2) is 102 Å². The quantitative estimate of drug-likeness (QED) is 0.0968. The predicted molar refractivity (Wildman–Crippen MR) is 193 cm³/mol. The Morgan fingerprint density at radius 3 is 2.52 bits per heavy atom. The second-order valence-corrected chi connectivity index (χ2v) is 11.0. The lowest BCUT2D eigenvalue weighted by atomic mass is 10.0. The zero-order chi connectivity index (χ0) is 34.4. The number of amides is 1. The highest BCUT2D eigenvalue weighted by Gasteiger charge is 2.25. The number of hydrogen-bond acceptors (Lipinski definition) is 8. The lowest BCUT2D eigenvalue weighted by Crippen LogP contribution is -2.26. The van der Waals surface area contributed by atoms with Crippen molar-refractivity contribution in [2.75, 3.05) is 66.7 Å². The number of aldehydes is 1. The summed E-state index contributed by atoms with van der Waals surface area (Å²) in [7, 11) is 3.88. The first-order valence-corrected chi connectivity index (χ1v) is 17.2. The summed E-state index contributed by atoms with van der Waals surface area (Å²) in [6, 6.07) is 0.757. The Kier molecular flexibility index (Phi) is 28.2. The maximum absolute atomic E-state index is 9.89. The Hall–Kier alpha value is -2.56. The first kappa shape index (κ1) is 43.4. The molecule has 1 unspecified atom stereocenters. The molecule has 1 saturated carbocycles. The van der Waals surface area contributed by atoms with E-state index in [2.05, 4.69) is 47.7 Å². The van der Waals surface area contributed by atoms with Crippen LogP contribution in [0, 0.1) is 0 Å². The number of hydrogen-bond donors (Lipinski definition) is 2. The lowest BCUT2D eigenvalue weighted by molar-refractivity contribution is -0.113. The molecule has 0 radical (unpaired) electrons. The van der Waals surface area contributed by atoms with Crippen LogP contribution >= 0.6 is 11.6 Å². The minimum atomic E-state index is 0.130. The molecule has 3 rings (SSSR count).